The van der Waals surface area contributed by atoms with Crippen LogP contribution in [0.5, 0.6) is 5.75 Å². The first-order valence-electron chi connectivity index (χ1n) is 11.2. The second-order valence-electron chi connectivity index (χ2n) is 7.99. The summed E-state index contributed by atoms with van der Waals surface area (Å²) in [6, 6.07) is 6.75. The van der Waals surface area contributed by atoms with Gasteiger partial charge in [-0.05, 0) is 31.4 Å². The summed E-state index contributed by atoms with van der Waals surface area (Å²) in [5, 5.41) is 12.0. The van der Waals surface area contributed by atoms with Crippen LogP contribution in [0.4, 0.5) is 5.13 Å². The Kier molecular flexibility index (Phi) is 9.01. The highest BCUT2D eigenvalue weighted by Gasteiger charge is 2.38. The molecule has 10 heteroatoms. The molecule has 0 radical (unpaired) electrons. The van der Waals surface area contributed by atoms with Gasteiger partial charge in [0.25, 0.3) is 0 Å². The number of unbranched alkanes of at least 4 members (excludes halogenated alkanes) is 5. The van der Waals surface area contributed by atoms with Crippen molar-refractivity contribution in [1.82, 2.24) is 14.5 Å². The number of hydrogen-bond acceptors (Lipinski definition) is 7. The Morgan fingerprint density at radius 2 is 2.00 bits per heavy atom. The lowest BCUT2D eigenvalue weighted by atomic mass is 10.1. The fourth-order valence-electron chi connectivity index (χ4n) is 3.85. The number of nitrogens with one attached hydrogen (secondary N) is 1. The number of carbonyl (C=O) groups is 1. The molecule has 8 nitrogen and oxygen atoms in total. The molecule has 1 amide bonds. The number of carbonyl (C=O) groups excluding carboxylic acids is 1. The van der Waals surface area contributed by atoms with E-state index in [1.54, 1.807) is 7.11 Å². The predicted octanol–water partition coefficient (Wildman–Crippen LogP) is 4.31. The standard InChI is InChI=1S/C22H32N4O4S2/c1-3-4-5-6-7-8-15-32(28,29)26-14-10-13-19(26)20(27)23-22-25-24-21(31-22)17-11-9-12-18(16-17)30-2/h9,11-12,16,19H,3-8,10,13-15H2,1-2H3,(H,23,25,27)/t19-/m0/s1. The molecule has 0 bridgehead atoms. The third kappa shape index (κ3) is 6.49. The Hall–Kier alpha value is -2.04. The first-order chi connectivity index (χ1) is 15.4. The van der Waals surface area contributed by atoms with E-state index in [1.807, 2.05) is 24.3 Å². The van der Waals surface area contributed by atoms with Crippen molar-refractivity contribution >= 4 is 32.4 Å². The molecule has 0 spiro atoms. The number of methoxy groups -OCH3 is 1. The zero-order chi connectivity index (χ0) is 23.0. The van der Waals surface area contributed by atoms with E-state index in [2.05, 4.69) is 22.4 Å². The fraction of sp³-hybridized carbons (Fsp3) is 0.591. The van der Waals surface area contributed by atoms with Gasteiger partial charge < -0.3 is 4.74 Å². The lowest BCUT2D eigenvalue weighted by Gasteiger charge is -2.22. The van der Waals surface area contributed by atoms with Gasteiger partial charge in [-0.1, -0.05) is 62.5 Å². The third-order valence-electron chi connectivity index (χ3n) is 5.59. The molecule has 32 heavy (non-hydrogen) atoms. The number of sulfonamides is 1. The van der Waals surface area contributed by atoms with E-state index in [-0.39, 0.29) is 11.7 Å². The van der Waals surface area contributed by atoms with Gasteiger partial charge in [0, 0.05) is 12.1 Å². The minimum Gasteiger partial charge on any atom is -0.497 e. The largest absolute Gasteiger partial charge is 0.497 e. The minimum absolute atomic E-state index is 0.0989. The lowest BCUT2D eigenvalue weighted by molar-refractivity contribution is -0.119. The van der Waals surface area contributed by atoms with Gasteiger partial charge in [-0.15, -0.1) is 10.2 Å². The number of ether oxygens (including phenoxy) is 1. The number of rotatable bonds is 12. The molecular formula is C22H32N4O4S2. The van der Waals surface area contributed by atoms with Gasteiger partial charge in [0.2, 0.25) is 21.1 Å². The summed E-state index contributed by atoms with van der Waals surface area (Å²) in [7, 11) is -1.86. The maximum Gasteiger partial charge on any atom is 0.244 e. The van der Waals surface area contributed by atoms with Gasteiger partial charge in [0.1, 0.15) is 16.8 Å². The van der Waals surface area contributed by atoms with Crippen LogP contribution in [0.3, 0.4) is 0 Å². The van der Waals surface area contributed by atoms with Gasteiger partial charge in [-0.3, -0.25) is 10.1 Å². The summed E-state index contributed by atoms with van der Waals surface area (Å²) in [6.45, 7) is 2.55. The Balaban J connectivity index is 1.58. The predicted molar refractivity (Wildman–Crippen MR) is 127 cm³/mol. The van der Waals surface area contributed by atoms with E-state index >= 15 is 0 Å². The maximum absolute atomic E-state index is 12.9. The van der Waals surface area contributed by atoms with Crippen LogP contribution in [0.1, 0.15) is 58.3 Å². The monoisotopic (exact) mass is 480 g/mol. The highest BCUT2D eigenvalue weighted by molar-refractivity contribution is 7.89. The molecule has 176 valence electrons. The quantitative estimate of drug-likeness (QED) is 0.454. The van der Waals surface area contributed by atoms with Crippen molar-refractivity contribution in [3.63, 3.8) is 0 Å². The van der Waals surface area contributed by atoms with Gasteiger partial charge in [0.15, 0.2) is 0 Å². The first kappa shape index (κ1) is 24.6. The maximum atomic E-state index is 12.9. The number of hydrogen-bond donors (Lipinski definition) is 1. The van der Waals surface area contributed by atoms with Crippen LogP contribution in [0.15, 0.2) is 24.3 Å². The average molecular weight is 481 g/mol. The molecule has 2 aromatic rings. The van der Waals surface area contributed by atoms with Crippen molar-refractivity contribution in [3.05, 3.63) is 24.3 Å². The second-order valence-corrected chi connectivity index (χ2v) is 11.0. The zero-order valence-electron chi connectivity index (χ0n) is 18.7. The first-order valence-corrected chi connectivity index (χ1v) is 13.7. The Labute approximate surface area is 194 Å². The molecule has 0 aliphatic carbocycles. The molecule has 0 saturated carbocycles. The van der Waals surface area contributed by atoms with E-state index in [1.165, 1.54) is 28.5 Å². The molecular weight excluding hydrogens is 448 g/mol. The molecule has 1 aromatic heterocycles. The molecule has 3 rings (SSSR count). The Morgan fingerprint density at radius 3 is 2.78 bits per heavy atom. The van der Waals surface area contributed by atoms with E-state index in [0.717, 1.165) is 24.8 Å². The lowest BCUT2D eigenvalue weighted by Crippen LogP contribution is -2.44. The van der Waals surface area contributed by atoms with Gasteiger partial charge in [-0.2, -0.15) is 4.31 Å². The molecule has 1 N–H and O–H groups in total. The van der Waals surface area contributed by atoms with Crippen LogP contribution in [0.2, 0.25) is 0 Å². The van der Waals surface area contributed by atoms with Crippen LogP contribution >= 0.6 is 11.3 Å². The van der Waals surface area contributed by atoms with Gasteiger partial charge in [0.05, 0.1) is 12.9 Å². The van der Waals surface area contributed by atoms with Crippen molar-refractivity contribution in [1.29, 1.82) is 0 Å². The Bertz CT molecular complexity index is 993. The second kappa shape index (κ2) is 11.7. The molecule has 1 atom stereocenters. The topological polar surface area (TPSA) is 101 Å². The summed E-state index contributed by atoms with van der Waals surface area (Å²) < 4.78 is 32.3. The number of benzene rings is 1. The van der Waals surface area contributed by atoms with Crippen molar-refractivity contribution < 1.29 is 17.9 Å². The summed E-state index contributed by atoms with van der Waals surface area (Å²) in [6.07, 6.45) is 7.29. The normalized spacial score (nSPS) is 16.9. The molecule has 1 saturated heterocycles. The summed E-state index contributed by atoms with van der Waals surface area (Å²) in [5.41, 5.74) is 0.839. The highest BCUT2D eigenvalue weighted by Crippen LogP contribution is 2.30. The van der Waals surface area contributed by atoms with Gasteiger partial charge >= 0.3 is 0 Å². The van der Waals surface area contributed by atoms with Crippen LogP contribution in [0.25, 0.3) is 10.6 Å². The van der Waals surface area contributed by atoms with E-state index in [0.29, 0.717) is 41.7 Å². The number of aromatic nitrogens is 2. The molecule has 1 aliphatic rings. The zero-order valence-corrected chi connectivity index (χ0v) is 20.4. The molecule has 1 aromatic carbocycles. The van der Waals surface area contributed by atoms with E-state index in [9.17, 15) is 13.2 Å². The molecule has 2 heterocycles. The fourth-order valence-corrected chi connectivity index (χ4v) is 6.39. The highest BCUT2D eigenvalue weighted by atomic mass is 32.2. The summed E-state index contributed by atoms with van der Waals surface area (Å²) in [5.74, 6) is 0.463. The van der Waals surface area contributed by atoms with Crippen LogP contribution < -0.4 is 10.1 Å². The van der Waals surface area contributed by atoms with Crippen LogP contribution in [-0.4, -0.2) is 54.3 Å². The van der Waals surface area contributed by atoms with E-state index in [4.69, 9.17) is 4.74 Å². The van der Waals surface area contributed by atoms with Crippen molar-refractivity contribution in [2.24, 2.45) is 0 Å². The molecule has 0 unspecified atom stereocenters. The molecule has 1 fully saturated rings. The number of anilines is 1. The third-order valence-corrected chi connectivity index (χ3v) is 8.44. The van der Waals surface area contributed by atoms with Gasteiger partial charge in [-0.25, -0.2) is 8.42 Å². The van der Waals surface area contributed by atoms with Crippen LogP contribution in [-0.2, 0) is 14.8 Å². The average Bonchev–Trinajstić information content (AvgIpc) is 3.46. The smallest absolute Gasteiger partial charge is 0.244 e. The molecule has 1 aliphatic heterocycles. The van der Waals surface area contributed by atoms with Crippen molar-refractivity contribution in [2.45, 2.75) is 64.3 Å². The van der Waals surface area contributed by atoms with Crippen molar-refractivity contribution in [2.75, 3.05) is 24.7 Å². The summed E-state index contributed by atoms with van der Waals surface area (Å²) >= 11 is 1.25. The van der Waals surface area contributed by atoms with E-state index < -0.39 is 16.1 Å². The number of nitrogens with zero attached hydrogens (tertiary/aromatic N) is 3. The minimum atomic E-state index is -3.46. The van der Waals surface area contributed by atoms with Crippen molar-refractivity contribution in [3.8, 4) is 16.3 Å². The summed E-state index contributed by atoms with van der Waals surface area (Å²) in [4.78, 5) is 12.9. The number of amides is 1. The SMILES string of the molecule is CCCCCCCCS(=O)(=O)N1CCC[C@H]1C(=O)Nc1nnc(-c2cccc(OC)c2)s1. The van der Waals surface area contributed by atoms with Crippen LogP contribution in [0, 0.1) is 0 Å². The Morgan fingerprint density at radius 1 is 1.22 bits per heavy atom.